The number of hydrogen-bond acceptors (Lipinski definition) is 2. The molecule has 3 heteroatoms. The quantitative estimate of drug-likeness (QED) is 0.477. The van der Waals surface area contributed by atoms with Crippen molar-refractivity contribution < 1.29 is 32.0 Å². The molecule has 0 fully saturated rings. The van der Waals surface area contributed by atoms with E-state index in [1.165, 1.54) is 6.92 Å². The van der Waals surface area contributed by atoms with Crippen LogP contribution in [-0.2, 0) is 27.2 Å². The molecule has 73 valence electrons. The fourth-order valence-corrected chi connectivity index (χ4v) is 0.952. The first-order valence-electron chi connectivity index (χ1n) is 3.78. The second kappa shape index (κ2) is 5.86. The Morgan fingerprint density at radius 2 is 1.69 bits per heavy atom. The predicted octanol–water partition coefficient (Wildman–Crippen LogP) is 1.85. The number of carbonyl (C=O) groups is 2. The Hall–Kier alpha value is -0.700. The van der Waals surface area contributed by atoms with Crippen molar-refractivity contribution in [2.24, 2.45) is 0 Å². The molecule has 0 aliphatic heterocycles. The molecule has 0 amide bonds. The van der Waals surface area contributed by atoms with Gasteiger partial charge in [0.1, 0.15) is 5.78 Å². The Labute approximate surface area is 92.8 Å². The van der Waals surface area contributed by atoms with Crippen molar-refractivity contribution in [1.82, 2.24) is 0 Å². The minimum absolute atomic E-state index is 0. The van der Waals surface area contributed by atoms with Crippen LogP contribution in [0.3, 0.4) is 0 Å². The van der Waals surface area contributed by atoms with Crippen LogP contribution in [0.1, 0.15) is 23.7 Å². The van der Waals surface area contributed by atoms with Crippen molar-refractivity contribution in [1.29, 1.82) is 0 Å². The summed E-state index contributed by atoms with van der Waals surface area (Å²) in [6.45, 7) is 1.42. The zero-order valence-electron chi connectivity index (χ0n) is 7.21. The molecule has 0 bridgehead atoms. The van der Waals surface area contributed by atoms with Crippen LogP contribution in [0.2, 0.25) is 0 Å². The van der Waals surface area contributed by atoms with Gasteiger partial charge in [0.25, 0.3) is 0 Å². The molecule has 1 aromatic carbocycles. The van der Waals surface area contributed by atoms with Gasteiger partial charge in [0.15, 0.2) is 5.78 Å². The third-order valence-electron chi connectivity index (χ3n) is 1.51. The summed E-state index contributed by atoms with van der Waals surface area (Å²) >= 11 is 0. The van der Waals surface area contributed by atoms with Crippen molar-refractivity contribution in [3.05, 3.63) is 35.9 Å². The van der Waals surface area contributed by atoms with E-state index in [0.29, 0.717) is 5.56 Å². The van der Waals surface area contributed by atoms with E-state index in [9.17, 15) is 9.59 Å². The molecule has 0 N–H and O–H groups in total. The van der Waals surface area contributed by atoms with E-state index in [1.807, 2.05) is 6.07 Å². The monoisotopic (exact) mass is 269 g/mol. The fourth-order valence-electron chi connectivity index (χ4n) is 0.952. The van der Waals surface area contributed by atoms with Gasteiger partial charge in [-0.2, -0.15) is 0 Å². The van der Waals surface area contributed by atoms with Crippen LogP contribution in [0, 0.1) is 0 Å². The van der Waals surface area contributed by atoms with Crippen LogP contribution in [0.5, 0.6) is 0 Å². The van der Waals surface area contributed by atoms with Crippen molar-refractivity contribution >= 4 is 11.6 Å². The predicted molar refractivity (Wildman–Crippen MR) is 46.1 cm³/mol. The molecule has 2 nitrogen and oxygen atoms in total. The number of hydrogen-bond donors (Lipinski definition) is 0. The van der Waals surface area contributed by atoms with Gasteiger partial charge in [-0.05, 0) is 6.92 Å². The van der Waals surface area contributed by atoms with Crippen LogP contribution in [0.4, 0.5) is 0 Å². The molecule has 0 heterocycles. The first-order valence-corrected chi connectivity index (χ1v) is 3.78. The van der Waals surface area contributed by atoms with Gasteiger partial charge < -0.3 is 0 Å². The molecule has 1 radical (unpaired) electrons. The SMILES string of the molecule is CC(=O)CC(=O)c1ccccc1.[Ag]. The van der Waals surface area contributed by atoms with E-state index < -0.39 is 0 Å². The van der Waals surface area contributed by atoms with Gasteiger partial charge >= 0.3 is 0 Å². The summed E-state index contributed by atoms with van der Waals surface area (Å²) in [6.07, 6.45) is 0.00398. The van der Waals surface area contributed by atoms with Crippen molar-refractivity contribution in [2.45, 2.75) is 13.3 Å². The average molecular weight is 270 g/mol. The van der Waals surface area contributed by atoms with Gasteiger partial charge in [0.2, 0.25) is 0 Å². The molecule has 13 heavy (non-hydrogen) atoms. The van der Waals surface area contributed by atoms with E-state index >= 15 is 0 Å². The molecular weight excluding hydrogens is 260 g/mol. The van der Waals surface area contributed by atoms with Crippen LogP contribution < -0.4 is 0 Å². The number of Topliss-reactive ketones (excluding diaryl/α,β-unsaturated/α-hetero) is 2. The van der Waals surface area contributed by atoms with Gasteiger partial charge in [-0.1, -0.05) is 30.3 Å². The summed E-state index contributed by atoms with van der Waals surface area (Å²) < 4.78 is 0. The number of carbonyl (C=O) groups excluding carboxylic acids is 2. The summed E-state index contributed by atoms with van der Waals surface area (Å²) in [5, 5.41) is 0. The Bertz CT molecular complexity index is 293. The molecule has 0 saturated heterocycles. The van der Waals surface area contributed by atoms with Crippen molar-refractivity contribution in [3.8, 4) is 0 Å². The van der Waals surface area contributed by atoms with Gasteiger partial charge in [-0.3, -0.25) is 9.59 Å². The van der Waals surface area contributed by atoms with Crippen LogP contribution >= 0.6 is 0 Å². The van der Waals surface area contributed by atoms with Crippen LogP contribution in [0.15, 0.2) is 30.3 Å². The first-order chi connectivity index (χ1) is 5.70. The molecule has 0 aliphatic carbocycles. The van der Waals surface area contributed by atoms with Gasteiger partial charge in [-0.25, -0.2) is 0 Å². The second-order valence-corrected chi connectivity index (χ2v) is 2.67. The maximum Gasteiger partial charge on any atom is 0.170 e. The molecular formula is C10H10AgO2. The molecule has 0 spiro atoms. The first kappa shape index (κ1) is 12.3. The fraction of sp³-hybridized carbons (Fsp3) is 0.200. The minimum Gasteiger partial charge on any atom is -0.300 e. The number of ketones is 2. The average Bonchev–Trinajstić information content (AvgIpc) is 2.05. The molecule has 0 unspecified atom stereocenters. The normalized spacial score (nSPS) is 8.69. The van der Waals surface area contributed by atoms with Gasteiger partial charge in [0.05, 0.1) is 6.42 Å². The summed E-state index contributed by atoms with van der Waals surface area (Å²) in [7, 11) is 0. The van der Waals surface area contributed by atoms with Crippen LogP contribution in [-0.4, -0.2) is 11.6 Å². The van der Waals surface area contributed by atoms with Gasteiger partial charge in [0, 0.05) is 27.9 Å². The van der Waals surface area contributed by atoms with Gasteiger partial charge in [-0.15, -0.1) is 0 Å². The molecule has 0 aliphatic rings. The standard InChI is InChI=1S/C10H10O2.Ag/c1-8(11)7-10(12)9-5-3-2-4-6-9;/h2-6H,7H2,1H3;. The summed E-state index contributed by atoms with van der Waals surface area (Å²) in [6, 6.07) is 8.84. The van der Waals surface area contributed by atoms with E-state index in [-0.39, 0.29) is 40.4 Å². The third kappa shape index (κ3) is 4.18. The van der Waals surface area contributed by atoms with Crippen molar-refractivity contribution in [2.75, 3.05) is 0 Å². The Kier molecular flexibility index (Phi) is 5.55. The summed E-state index contributed by atoms with van der Waals surface area (Å²) in [5.41, 5.74) is 0.604. The Morgan fingerprint density at radius 1 is 1.15 bits per heavy atom. The van der Waals surface area contributed by atoms with E-state index in [1.54, 1.807) is 24.3 Å². The molecule has 1 rings (SSSR count). The zero-order valence-corrected chi connectivity index (χ0v) is 8.69. The minimum atomic E-state index is -0.108. The largest absolute Gasteiger partial charge is 0.300 e. The van der Waals surface area contributed by atoms with Crippen molar-refractivity contribution in [3.63, 3.8) is 0 Å². The molecule has 0 aromatic heterocycles. The summed E-state index contributed by atoms with van der Waals surface area (Å²) in [4.78, 5) is 21.8. The molecule has 1 aromatic rings. The maximum atomic E-state index is 11.2. The Balaban J connectivity index is 0.00000144. The summed E-state index contributed by atoms with van der Waals surface area (Å²) in [5.74, 6) is -0.202. The number of rotatable bonds is 3. The number of benzene rings is 1. The maximum absolute atomic E-state index is 11.2. The van der Waals surface area contributed by atoms with E-state index in [4.69, 9.17) is 0 Å². The molecule has 0 atom stereocenters. The smallest absolute Gasteiger partial charge is 0.170 e. The van der Waals surface area contributed by atoms with Crippen LogP contribution in [0.25, 0.3) is 0 Å². The second-order valence-electron chi connectivity index (χ2n) is 2.67. The topological polar surface area (TPSA) is 34.1 Å². The molecule has 0 saturated carbocycles. The van der Waals surface area contributed by atoms with E-state index in [0.717, 1.165) is 0 Å². The Morgan fingerprint density at radius 3 is 2.15 bits per heavy atom. The third-order valence-corrected chi connectivity index (χ3v) is 1.51. The van der Waals surface area contributed by atoms with E-state index in [2.05, 4.69) is 0 Å². The zero-order chi connectivity index (χ0) is 8.97.